The Morgan fingerprint density at radius 2 is 1.96 bits per heavy atom. The maximum atomic E-state index is 12.0. The molecule has 0 aromatic carbocycles. The zero-order valence-electron chi connectivity index (χ0n) is 16.8. The van der Waals surface area contributed by atoms with Crippen LogP contribution < -0.4 is 10.6 Å². The number of carbonyl (C=O) groups is 1. The van der Waals surface area contributed by atoms with Crippen molar-refractivity contribution in [2.45, 2.75) is 59.0 Å². The van der Waals surface area contributed by atoms with Gasteiger partial charge >= 0.3 is 0 Å². The largest absolute Gasteiger partial charge is 0.356 e. The zero-order valence-corrected chi connectivity index (χ0v) is 19.2. The number of hydrogen-bond acceptors (Lipinski definition) is 3. The number of likely N-dealkylation sites (tertiary alicyclic amines) is 1. The van der Waals surface area contributed by atoms with E-state index in [0.29, 0.717) is 12.1 Å². The maximum absolute atomic E-state index is 12.0. The summed E-state index contributed by atoms with van der Waals surface area (Å²) in [6, 6.07) is 0.900. The van der Waals surface area contributed by atoms with E-state index in [0.717, 1.165) is 45.0 Å². The Balaban J connectivity index is 0.00000576. The van der Waals surface area contributed by atoms with Gasteiger partial charge in [0.15, 0.2) is 5.96 Å². The van der Waals surface area contributed by atoms with E-state index < -0.39 is 0 Å². The average molecular weight is 467 g/mol. The highest BCUT2D eigenvalue weighted by Crippen LogP contribution is 2.12. The van der Waals surface area contributed by atoms with Crippen LogP contribution in [0.25, 0.3) is 0 Å². The predicted molar refractivity (Wildman–Crippen MR) is 117 cm³/mol. The van der Waals surface area contributed by atoms with Gasteiger partial charge in [0, 0.05) is 44.7 Å². The van der Waals surface area contributed by atoms with Gasteiger partial charge in [-0.1, -0.05) is 13.8 Å². The molecule has 1 fully saturated rings. The summed E-state index contributed by atoms with van der Waals surface area (Å²) >= 11 is 0. The summed E-state index contributed by atoms with van der Waals surface area (Å²) in [5, 5.41) is 6.82. The predicted octanol–water partition coefficient (Wildman–Crippen LogP) is 2.15. The second-order valence-corrected chi connectivity index (χ2v) is 7.35. The quantitative estimate of drug-likeness (QED) is 0.249. The van der Waals surface area contributed by atoms with Crippen molar-refractivity contribution in [3.05, 3.63) is 0 Å². The second-order valence-electron chi connectivity index (χ2n) is 7.35. The van der Waals surface area contributed by atoms with Crippen molar-refractivity contribution in [3.8, 4) is 0 Å². The molecule has 148 valence electrons. The van der Waals surface area contributed by atoms with Crippen molar-refractivity contribution >= 4 is 35.8 Å². The average Bonchev–Trinajstić information content (AvgIpc) is 3.00. The summed E-state index contributed by atoms with van der Waals surface area (Å²) in [6.07, 6.45) is 3.29. The fourth-order valence-electron chi connectivity index (χ4n) is 2.78. The molecule has 0 aliphatic carbocycles. The molecule has 6 nitrogen and oxygen atoms in total. The first-order valence-electron chi connectivity index (χ1n) is 9.31. The molecule has 1 amide bonds. The molecular weight excluding hydrogens is 429 g/mol. The molecule has 1 heterocycles. The molecule has 1 rings (SSSR count). The van der Waals surface area contributed by atoms with E-state index in [1.165, 1.54) is 6.42 Å². The monoisotopic (exact) mass is 467 g/mol. The van der Waals surface area contributed by atoms with Crippen molar-refractivity contribution in [1.82, 2.24) is 20.4 Å². The van der Waals surface area contributed by atoms with Gasteiger partial charge in [-0.25, -0.2) is 0 Å². The summed E-state index contributed by atoms with van der Waals surface area (Å²) in [4.78, 5) is 20.7. The summed E-state index contributed by atoms with van der Waals surface area (Å²) in [5.74, 6) is 1.16. The van der Waals surface area contributed by atoms with E-state index in [9.17, 15) is 4.79 Å². The SMILES string of the molecule is CN=C(NCCCCN(C)C(C)C)NC1CCN(C(=O)C(C)C)C1.I. The molecule has 1 saturated heterocycles. The van der Waals surface area contributed by atoms with Crippen LogP contribution in [0.2, 0.25) is 0 Å². The third-order valence-corrected chi connectivity index (χ3v) is 4.67. The minimum absolute atomic E-state index is 0. The highest BCUT2D eigenvalue weighted by Gasteiger charge is 2.27. The Hall–Kier alpha value is -0.570. The lowest BCUT2D eigenvalue weighted by molar-refractivity contribution is -0.133. The first-order valence-corrected chi connectivity index (χ1v) is 9.31. The van der Waals surface area contributed by atoms with Crippen molar-refractivity contribution in [2.75, 3.05) is 40.3 Å². The van der Waals surface area contributed by atoms with Crippen LogP contribution in [0.4, 0.5) is 0 Å². The number of nitrogens with zero attached hydrogens (tertiary/aromatic N) is 3. The Morgan fingerprint density at radius 3 is 2.52 bits per heavy atom. The first kappa shape index (κ1) is 24.4. The van der Waals surface area contributed by atoms with Crippen molar-refractivity contribution < 1.29 is 4.79 Å². The highest BCUT2D eigenvalue weighted by molar-refractivity contribution is 14.0. The van der Waals surface area contributed by atoms with Crippen LogP contribution in [0.3, 0.4) is 0 Å². The van der Waals surface area contributed by atoms with Crippen LogP contribution in [0.15, 0.2) is 4.99 Å². The number of amides is 1. The summed E-state index contributed by atoms with van der Waals surface area (Å²) < 4.78 is 0. The molecule has 25 heavy (non-hydrogen) atoms. The molecular formula is C18H38IN5O. The number of unbranched alkanes of at least 4 members (excludes halogenated alkanes) is 1. The van der Waals surface area contributed by atoms with Gasteiger partial charge in [-0.3, -0.25) is 9.79 Å². The molecule has 1 aliphatic heterocycles. The van der Waals surface area contributed by atoms with Gasteiger partial charge in [0.25, 0.3) is 0 Å². The van der Waals surface area contributed by atoms with Gasteiger partial charge in [0.1, 0.15) is 0 Å². The lowest BCUT2D eigenvalue weighted by Gasteiger charge is -2.21. The van der Waals surface area contributed by atoms with E-state index >= 15 is 0 Å². The number of carbonyl (C=O) groups excluding carboxylic acids is 1. The van der Waals surface area contributed by atoms with Gasteiger partial charge in [-0.05, 0) is 46.7 Å². The van der Waals surface area contributed by atoms with E-state index in [1.54, 1.807) is 7.05 Å². The Kier molecular flexibility index (Phi) is 12.4. The van der Waals surface area contributed by atoms with E-state index in [1.807, 2.05) is 18.7 Å². The van der Waals surface area contributed by atoms with Crippen LogP contribution in [-0.2, 0) is 4.79 Å². The lowest BCUT2D eigenvalue weighted by Crippen LogP contribution is -2.45. The van der Waals surface area contributed by atoms with Crippen molar-refractivity contribution in [2.24, 2.45) is 10.9 Å². The van der Waals surface area contributed by atoms with Crippen LogP contribution >= 0.6 is 24.0 Å². The van der Waals surface area contributed by atoms with E-state index in [-0.39, 0.29) is 35.8 Å². The minimum Gasteiger partial charge on any atom is -0.356 e. The van der Waals surface area contributed by atoms with Gasteiger partial charge in [-0.15, -0.1) is 24.0 Å². The Morgan fingerprint density at radius 1 is 1.28 bits per heavy atom. The molecule has 0 bridgehead atoms. The van der Waals surface area contributed by atoms with E-state index in [4.69, 9.17) is 0 Å². The Labute approximate surface area is 171 Å². The fourth-order valence-corrected chi connectivity index (χ4v) is 2.78. The number of rotatable bonds is 8. The van der Waals surface area contributed by atoms with Gasteiger partial charge in [0.2, 0.25) is 5.91 Å². The molecule has 2 N–H and O–H groups in total. The molecule has 0 radical (unpaired) electrons. The summed E-state index contributed by atoms with van der Waals surface area (Å²) in [5.41, 5.74) is 0. The topological polar surface area (TPSA) is 60.0 Å². The molecule has 7 heteroatoms. The molecule has 1 atom stereocenters. The number of guanidine groups is 1. The standard InChI is InChI=1S/C18H37N5O.HI/c1-14(2)17(24)23-12-9-16(13-23)21-18(19-5)20-10-7-8-11-22(6)15(3)4;/h14-16H,7-13H2,1-6H3,(H2,19,20,21);1H. The fraction of sp³-hybridized carbons (Fsp3) is 0.889. The number of halogens is 1. The number of hydrogen-bond donors (Lipinski definition) is 2. The third-order valence-electron chi connectivity index (χ3n) is 4.67. The highest BCUT2D eigenvalue weighted by atomic mass is 127. The van der Waals surface area contributed by atoms with Crippen LogP contribution in [0.1, 0.15) is 47.0 Å². The van der Waals surface area contributed by atoms with Gasteiger partial charge in [0.05, 0.1) is 0 Å². The maximum Gasteiger partial charge on any atom is 0.225 e. The molecule has 0 aromatic rings. The van der Waals surface area contributed by atoms with Crippen molar-refractivity contribution in [1.29, 1.82) is 0 Å². The normalized spacial score (nSPS) is 18.0. The Bertz CT molecular complexity index is 414. The first-order chi connectivity index (χ1) is 11.3. The third kappa shape index (κ3) is 9.08. The molecule has 1 aliphatic rings. The molecule has 0 saturated carbocycles. The number of aliphatic imine (C=N–C) groups is 1. The minimum atomic E-state index is 0. The molecule has 0 spiro atoms. The van der Waals surface area contributed by atoms with Gasteiger partial charge < -0.3 is 20.4 Å². The number of nitrogens with one attached hydrogen (secondary N) is 2. The van der Waals surface area contributed by atoms with Crippen LogP contribution in [-0.4, -0.2) is 74.0 Å². The van der Waals surface area contributed by atoms with Crippen LogP contribution in [0.5, 0.6) is 0 Å². The summed E-state index contributed by atoms with van der Waals surface area (Å²) in [6.45, 7) is 12.0. The van der Waals surface area contributed by atoms with Crippen molar-refractivity contribution in [3.63, 3.8) is 0 Å². The smallest absolute Gasteiger partial charge is 0.225 e. The summed E-state index contributed by atoms with van der Waals surface area (Å²) in [7, 11) is 3.97. The lowest BCUT2D eigenvalue weighted by atomic mass is 10.2. The zero-order chi connectivity index (χ0) is 18.1. The second kappa shape index (κ2) is 12.7. The van der Waals surface area contributed by atoms with E-state index in [2.05, 4.69) is 41.4 Å². The molecule has 1 unspecified atom stereocenters. The van der Waals surface area contributed by atoms with Crippen LogP contribution in [0, 0.1) is 5.92 Å². The molecule has 0 aromatic heterocycles. The van der Waals surface area contributed by atoms with Gasteiger partial charge in [-0.2, -0.15) is 0 Å².